The quantitative estimate of drug-likeness (QED) is 0.878. The Bertz CT molecular complexity index is 575. The molecule has 20 heavy (non-hydrogen) atoms. The van der Waals surface area contributed by atoms with Crippen LogP contribution in [-0.2, 0) is 4.79 Å². The standard InChI is InChI=1S/C15H20N4O/c1-10(2)4-5-13(20)17-15-11(3)14(18-19-15)12-6-8-16-9-7-12/h6-10H,4-5H2,1-3H3,(H2,17,18,19,20). The highest BCUT2D eigenvalue weighted by Gasteiger charge is 2.13. The fourth-order valence-corrected chi connectivity index (χ4v) is 1.93. The molecule has 5 heteroatoms. The van der Waals surface area contributed by atoms with Gasteiger partial charge in [-0.3, -0.25) is 14.9 Å². The summed E-state index contributed by atoms with van der Waals surface area (Å²) in [5, 5.41) is 10.0. The highest BCUT2D eigenvalue weighted by molar-refractivity contribution is 5.91. The number of carbonyl (C=O) groups excluding carboxylic acids is 1. The Labute approximate surface area is 118 Å². The van der Waals surface area contributed by atoms with E-state index < -0.39 is 0 Å². The van der Waals surface area contributed by atoms with Crippen LogP contribution < -0.4 is 5.32 Å². The topological polar surface area (TPSA) is 70.7 Å². The summed E-state index contributed by atoms with van der Waals surface area (Å²) in [5.41, 5.74) is 2.76. The van der Waals surface area contributed by atoms with Crippen molar-refractivity contribution in [2.75, 3.05) is 5.32 Å². The molecule has 5 nitrogen and oxygen atoms in total. The molecule has 0 aromatic carbocycles. The molecule has 1 amide bonds. The predicted octanol–water partition coefficient (Wildman–Crippen LogP) is 3.15. The lowest BCUT2D eigenvalue weighted by molar-refractivity contribution is -0.116. The van der Waals surface area contributed by atoms with Crippen molar-refractivity contribution in [3.8, 4) is 11.3 Å². The van der Waals surface area contributed by atoms with Crippen LogP contribution in [0.15, 0.2) is 24.5 Å². The molecule has 0 saturated carbocycles. The van der Waals surface area contributed by atoms with Gasteiger partial charge in [0.05, 0.1) is 5.69 Å². The molecule has 0 bridgehead atoms. The van der Waals surface area contributed by atoms with Gasteiger partial charge in [-0.15, -0.1) is 0 Å². The Morgan fingerprint density at radius 3 is 2.70 bits per heavy atom. The van der Waals surface area contributed by atoms with Crippen LogP contribution in [0.5, 0.6) is 0 Å². The van der Waals surface area contributed by atoms with Crippen molar-refractivity contribution in [2.24, 2.45) is 5.92 Å². The Morgan fingerprint density at radius 1 is 1.35 bits per heavy atom. The average molecular weight is 272 g/mol. The minimum atomic E-state index is 0.0201. The number of aromatic nitrogens is 3. The number of hydrogen-bond acceptors (Lipinski definition) is 3. The van der Waals surface area contributed by atoms with Crippen LogP contribution in [0.4, 0.5) is 5.82 Å². The van der Waals surface area contributed by atoms with Crippen molar-refractivity contribution in [3.05, 3.63) is 30.1 Å². The molecule has 0 saturated heterocycles. The van der Waals surface area contributed by atoms with Crippen molar-refractivity contribution in [2.45, 2.75) is 33.6 Å². The first-order valence-corrected chi connectivity index (χ1v) is 6.83. The second-order valence-corrected chi connectivity index (χ2v) is 5.29. The van der Waals surface area contributed by atoms with Crippen molar-refractivity contribution in [1.29, 1.82) is 0 Å². The normalized spacial score (nSPS) is 10.8. The van der Waals surface area contributed by atoms with E-state index >= 15 is 0 Å². The summed E-state index contributed by atoms with van der Waals surface area (Å²) in [6.45, 7) is 6.16. The molecule has 2 N–H and O–H groups in total. The molecule has 0 fully saturated rings. The molecule has 0 aliphatic heterocycles. The number of nitrogens with zero attached hydrogens (tertiary/aromatic N) is 2. The van der Waals surface area contributed by atoms with Crippen LogP contribution in [0.3, 0.4) is 0 Å². The number of rotatable bonds is 5. The highest BCUT2D eigenvalue weighted by atomic mass is 16.1. The fourth-order valence-electron chi connectivity index (χ4n) is 1.93. The average Bonchev–Trinajstić information content (AvgIpc) is 2.79. The minimum Gasteiger partial charge on any atom is -0.311 e. The zero-order chi connectivity index (χ0) is 14.5. The van der Waals surface area contributed by atoms with E-state index in [9.17, 15) is 4.79 Å². The molecule has 0 aliphatic rings. The number of hydrogen-bond donors (Lipinski definition) is 2. The van der Waals surface area contributed by atoms with Crippen LogP contribution in [0.25, 0.3) is 11.3 Å². The van der Waals surface area contributed by atoms with Gasteiger partial charge in [-0.2, -0.15) is 5.10 Å². The largest absolute Gasteiger partial charge is 0.311 e. The van der Waals surface area contributed by atoms with Crippen LogP contribution in [-0.4, -0.2) is 21.1 Å². The minimum absolute atomic E-state index is 0.0201. The van der Waals surface area contributed by atoms with Crippen LogP contribution in [0.2, 0.25) is 0 Å². The monoisotopic (exact) mass is 272 g/mol. The number of nitrogens with one attached hydrogen (secondary N) is 2. The number of H-pyrrole nitrogens is 1. The molecule has 2 heterocycles. The lowest BCUT2D eigenvalue weighted by Crippen LogP contribution is -2.13. The molecule has 2 aromatic heterocycles. The molecule has 0 radical (unpaired) electrons. The van der Waals surface area contributed by atoms with Crippen molar-refractivity contribution in [1.82, 2.24) is 15.2 Å². The summed E-state index contributed by atoms with van der Waals surface area (Å²) >= 11 is 0. The summed E-state index contributed by atoms with van der Waals surface area (Å²) in [6.07, 6.45) is 4.87. The number of carbonyl (C=O) groups is 1. The molecular formula is C15H20N4O. The molecule has 2 aromatic rings. The predicted molar refractivity (Wildman–Crippen MR) is 79.3 cm³/mol. The third-order valence-electron chi connectivity index (χ3n) is 3.18. The van der Waals surface area contributed by atoms with Crippen LogP contribution in [0, 0.1) is 12.8 Å². The molecule has 0 spiro atoms. The Balaban J connectivity index is 2.08. The van der Waals surface area contributed by atoms with E-state index in [1.54, 1.807) is 12.4 Å². The zero-order valence-electron chi connectivity index (χ0n) is 12.1. The first-order valence-electron chi connectivity index (χ1n) is 6.83. The van der Waals surface area contributed by atoms with Gasteiger partial charge in [-0.05, 0) is 31.4 Å². The molecule has 2 rings (SSSR count). The Kier molecular flexibility index (Phi) is 4.50. The summed E-state index contributed by atoms with van der Waals surface area (Å²) in [4.78, 5) is 15.8. The third kappa shape index (κ3) is 3.44. The molecule has 0 aliphatic carbocycles. The van der Waals surface area contributed by atoms with Gasteiger partial charge >= 0.3 is 0 Å². The van der Waals surface area contributed by atoms with E-state index in [0.29, 0.717) is 18.2 Å². The molecule has 0 unspecified atom stereocenters. The second-order valence-electron chi connectivity index (χ2n) is 5.29. The molecule has 106 valence electrons. The third-order valence-corrected chi connectivity index (χ3v) is 3.18. The SMILES string of the molecule is Cc1c(-c2ccncc2)n[nH]c1NC(=O)CCC(C)C. The summed E-state index contributed by atoms with van der Waals surface area (Å²) in [7, 11) is 0. The Morgan fingerprint density at radius 2 is 2.05 bits per heavy atom. The fraction of sp³-hybridized carbons (Fsp3) is 0.400. The van der Waals surface area contributed by atoms with Gasteiger partial charge < -0.3 is 5.32 Å². The van der Waals surface area contributed by atoms with Crippen LogP contribution >= 0.6 is 0 Å². The van der Waals surface area contributed by atoms with Crippen LogP contribution in [0.1, 0.15) is 32.3 Å². The van der Waals surface area contributed by atoms with E-state index in [2.05, 4.69) is 34.3 Å². The van der Waals surface area contributed by atoms with Gasteiger partial charge in [0.1, 0.15) is 5.82 Å². The van der Waals surface area contributed by atoms with Crippen molar-refractivity contribution in [3.63, 3.8) is 0 Å². The van der Waals surface area contributed by atoms with Gasteiger partial charge in [-0.1, -0.05) is 13.8 Å². The lowest BCUT2D eigenvalue weighted by atomic mass is 10.1. The van der Waals surface area contributed by atoms with Crippen molar-refractivity contribution >= 4 is 11.7 Å². The summed E-state index contributed by atoms with van der Waals surface area (Å²) in [6, 6.07) is 3.79. The van der Waals surface area contributed by atoms with Crippen molar-refractivity contribution < 1.29 is 4.79 Å². The maximum Gasteiger partial charge on any atom is 0.225 e. The van der Waals surface area contributed by atoms with E-state index in [0.717, 1.165) is 23.2 Å². The smallest absolute Gasteiger partial charge is 0.225 e. The maximum absolute atomic E-state index is 11.8. The van der Waals surface area contributed by atoms with Gasteiger partial charge in [0.2, 0.25) is 5.91 Å². The van der Waals surface area contributed by atoms with E-state index in [-0.39, 0.29) is 5.91 Å². The highest BCUT2D eigenvalue weighted by Crippen LogP contribution is 2.25. The van der Waals surface area contributed by atoms with Gasteiger partial charge in [0, 0.05) is 29.9 Å². The van der Waals surface area contributed by atoms with E-state index in [1.807, 2.05) is 19.1 Å². The second kappa shape index (κ2) is 6.32. The lowest BCUT2D eigenvalue weighted by Gasteiger charge is -2.06. The van der Waals surface area contributed by atoms with Gasteiger partial charge in [0.25, 0.3) is 0 Å². The first-order chi connectivity index (χ1) is 9.58. The molecule has 0 atom stereocenters. The zero-order valence-corrected chi connectivity index (χ0v) is 12.1. The van der Waals surface area contributed by atoms with Gasteiger partial charge in [-0.25, -0.2) is 0 Å². The first kappa shape index (κ1) is 14.2. The number of amides is 1. The maximum atomic E-state index is 11.8. The Hall–Kier alpha value is -2.17. The number of pyridine rings is 1. The summed E-state index contributed by atoms with van der Waals surface area (Å²) < 4.78 is 0. The van der Waals surface area contributed by atoms with E-state index in [4.69, 9.17) is 0 Å². The molecular weight excluding hydrogens is 252 g/mol. The van der Waals surface area contributed by atoms with E-state index in [1.165, 1.54) is 0 Å². The number of aromatic amines is 1. The summed E-state index contributed by atoms with van der Waals surface area (Å²) in [5.74, 6) is 1.22. The number of anilines is 1. The van der Waals surface area contributed by atoms with Gasteiger partial charge in [0.15, 0.2) is 0 Å².